The molecule has 0 bridgehead atoms. The summed E-state index contributed by atoms with van der Waals surface area (Å²) in [5, 5.41) is -3.99. The molecule has 0 aromatic heterocycles. The molecule has 332 valence electrons. The molecule has 0 aromatic carbocycles. The summed E-state index contributed by atoms with van der Waals surface area (Å²) in [6.45, 7) is 16.7. The van der Waals surface area contributed by atoms with Crippen molar-refractivity contribution in [1.82, 2.24) is 0 Å². The van der Waals surface area contributed by atoms with Crippen molar-refractivity contribution in [3.05, 3.63) is 25.2 Å². The van der Waals surface area contributed by atoms with E-state index < -0.39 is 89.8 Å². The van der Waals surface area contributed by atoms with Crippen LogP contribution in [0.2, 0.25) is 0 Å². The first-order chi connectivity index (χ1) is 24.4. The number of hydrogen-bond donors (Lipinski definition) is 0. The number of hydrogen-bond acceptors (Lipinski definition) is 11. The van der Waals surface area contributed by atoms with Crippen molar-refractivity contribution in [3.8, 4) is 0 Å². The molecule has 11 nitrogen and oxygen atoms in total. The van der Waals surface area contributed by atoms with Crippen LogP contribution in [0.25, 0.3) is 0 Å². The number of esters is 5. The number of alkyl halides is 15. The lowest BCUT2D eigenvalue weighted by atomic mass is 10.3. The number of halogens is 15. The zero-order valence-electron chi connectivity index (χ0n) is 31.1. The Hall–Kier alpha value is -3.47. The number of Topliss-reactive ketones (excluding diaryl/α,β-unsaturated/α-hetero) is 1. The molecule has 0 saturated carbocycles. The van der Waals surface area contributed by atoms with Gasteiger partial charge in [-0.1, -0.05) is 48.0 Å². The largest absolute Gasteiger partial charge is 0.446 e. The van der Waals surface area contributed by atoms with E-state index in [0.717, 1.165) is 47.8 Å². The predicted molar refractivity (Wildman–Crippen MR) is 175 cm³/mol. The lowest BCUT2D eigenvalue weighted by molar-refractivity contribution is -0.177. The van der Waals surface area contributed by atoms with E-state index in [1.54, 1.807) is 6.92 Å². The highest BCUT2D eigenvalue weighted by Crippen LogP contribution is 2.33. The van der Waals surface area contributed by atoms with Gasteiger partial charge in [-0.2, -0.15) is 52.7 Å². The summed E-state index contributed by atoms with van der Waals surface area (Å²) in [5.41, 5.74) is -1.62. The van der Waals surface area contributed by atoms with E-state index >= 15 is 0 Å². The van der Waals surface area contributed by atoms with Gasteiger partial charge in [0.25, 0.3) is 0 Å². The van der Waals surface area contributed by atoms with Gasteiger partial charge >= 0.3 is 54.6 Å². The molecule has 56 heavy (non-hydrogen) atoms. The van der Waals surface area contributed by atoms with Crippen LogP contribution in [-0.4, -0.2) is 76.0 Å². The van der Waals surface area contributed by atoms with Gasteiger partial charge in [0, 0.05) is 34.6 Å². The van der Waals surface area contributed by atoms with Crippen LogP contribution in [0.15, 0.2) is 25.2 Å². The van der Waals surface area contributed by atoms with Crippen molar-refractivity contribution in [2.45, 2.75) is 128 Å². The van der Waals surface area contributed by atoms with E-state index in [1.165, 1.54) is 13.8 Å². The van der Waals surface area contributed by atoms with Gasteiger partial charge in [-0.05, 0) is 27.7 Å². The molecule has 0 aliphatic carbocycles. The molecule has 0 amide bonds. The minimum atomic E-state index is -4.44. The summed E-state index contributed by atoms with van der Waals surface area (Å²) >= 11 is 15.5. The Bertz CT molecular complexity index is 1180. The van der Waals surface area contributed by atoms with Crippen LogP contribution >= 0.6 is 34.8 Å². The first-order valence-electron chi connectivity index (χ1n) is 14.3. The van der Waals surface area contributed by atoms with E-state index in [1.807, 2.05) is 0 Å². The topological polar surface area (TPSA) is 149 Å². The Labute approximate surface area is 328 Å². The first-order valence-corrected chi connectivity index (χ1v) is 15.5. The third kappa shape index (κ3) is 79.3. The van der Waals surface area contributed by atoms with E-state index in [-0.39, 0.29) is 11.9 Å². The quantitative estimate of drug-likeness (QED) is 0.0715. The van der Waals surface area contributed by atoms with E-state index in [9.17, 15) is 81.5 Å². The lowest BCUT2D eigenvalue weighted by Crippen LogP contribution is -2.30. The number of carbonyl (C=O) groups excluding carboxylic acids is 6. The van der Waals surface area contributed by atoms with E-state index in [0.29, 0.717) is 5.76 Å². The fourth-order valence-electron chi connectivity index (χ4n) is 2.44. The molecule has 0 spiro atoms. The van der Waals surface area contributed by atoms with Gasteiger partial charge in [-0.25, -0.2) is 0 Å². The summed E-state index contributed by atoms with van der Waals surface area (Å²) in [4.78, 5) is 60.1. The van der Waals surface area contributed by atoms with Crippen molar-refractivity contribution in [1.29, 1.82) is 0 Å². The smallest absolute Gasteiger partial charge is 0.395 e. The van der Waals surface area contributed by atoms with Crippen LogP contribution in [0.5, 0.6) is 0 Å². The van der Waals surface area contributed by atoms with Crippen LogP contribution in [-0.2, 0) is 52.5 Å². The van der Waals surface area contributed by atoms with Gasteiger partial charge in [0.15, 0.2) is 15.7 Å². The average molecular weight is 912 g/mol. The lowest BCUT2D eigenvalue weighted by Gasteiger charge is -2.22. The number of ketones is 1. The second-order valence-corrected chi connectivity index (χ2v) is 12.5. The van der Waals surface area contributed by atoms with Gasteiger partial charge < -0.3 is 23.7 Å². The normalized spacial score (nSPS) is 13.4. The highest BCUT2D eigenvalue weighted by atomic mass is 35.5. The number of carbonyl (C=O) groups is 6. The Morgan fingerprint density at radius 2 is 0.929 bits per heavy atom. The third-order valence-electron chi connectivity index (χ3n) is 3.45. The Morgan fingerprint density at radius 1 is 0.589 bits per heavy atom. The highest BCUT2D eigenvalue weighted by molar-refractivity contribution is 6.23. The van der Waals surface area contributed by atoms with Gasteiger partial charge in [0.1, 0.15) is 12.2 Å². The molecule has 0 N–H and O–H groups in total. The molecule has 0 aromatic rings. The molecular weight excluding hydrogens is 871 g/mol. The number of rotatable bonds is 9. The van der Waals surface area contributed by atoms with Crippen LogP contribution in [0, 0.1) is 0 Å². The van der Waals surface area contributed by atoms with Crippen LogP contribution in [0.3, 0.4) is 0 Å². The SMILES string of the molecule is C=C(C)OC(C)=O.C=COC(C)=O.CC(=O)CC(F)(F)F.CC(=O)OC(C)(Cl)CC(F)(F)F.CC(=O)OC(C)(Cl)CC(F)(F)F.CC(=O)OC(Cl)CC(F)(F)F. The molecule has 0 radical (unpaired) electrons. The molecule has 0 rings (SSSR count). The minimum Gasteiger partial charge on any atom is -0.446 e. The summed E-state index contributed by atoms with van der Waals surface area (Å²) < 4.78 is 159. The maximum absolute atomic E-state index is 11.7. The molecule has 3 unspecified atom stereocenters. The maximum atomic E-state index is 11.7. The van der Waals surface area contributed by atoms with Crippen LogP contribution in [0.1, 0.15) is 88.0 Å². The second kappa shape index (κ2) is 29.7. The summed E-state index contributed by atoms with van der Waals surface area (Å²) in [6.07, 6.45) is -21.9. The van der Waals surface area contributed by atoms with Gasteiger partial charge in [0.05, 0.1) is 31.3 Å². The van der Waals surface area contributed by atoms with Gasteiger partial charge in [-0.3, -0.25) is 28.8 Å². The monoisotopic (exact) mass is 910 g/mol. The summed E-state index contributed by atoms with van der Waals surface area (Å²) in [5.74, 6) is -3.55. The fraction of sp³-hybridized carbons (Fsp3) is 0.667. The fourth-order valence-corrected chi connectivity index (χ4v) is 3.26. The van der Waals surface area contributed by atoms with Crippen molar-refractivity contribution in [3.63, 3.8) is 0 Å². The number of allylic oxidation sites excluding steroid dienone is 1. The van der Waals surface area contributed by atoms with Crippen molar-refractivity contribution in [2.24, 2.45) is 0 Å². The standard InChI is InChI=1S/2C6H8ClF3O2.C5H6ClF3O2.C5H8O2.C4H5F3O.C4H6O2/c2*1-4(11)12-5(2,7)3-6(8,9)10;1-3(10)11-4(6)2-5(7,8)9;1-4(2)7-5(3)6;1-3(8)2-4(5,6)7;1-3-6-4(2)5/h2*3H2,1-2H3;4H,2H2,1H3;1H2,2-3H3;2H2,1H3;3H,1H2,2H3. The summed E-state index contributed by atoms with van der Waals surface area (Å²) in [7, 11) is 0. The second-order valence-electron chi connectivity index (χ2n) is 10.4. The Kier molecular flexibility index (Phi) is 34.2. The molecule has 26 heteroatoms. The average Bonchev–Trinajstić information content (AvgIpc) is 2.76. The zero-order chi connectivity index (χ0) is 46.7. The minimum absolute atomic E-state index is 0.312. The maximum Gasteiger partial charge on any atom is 0.395 e. The van der Waals surface area contributed by atoms with Crippen LogP contribution < -0.4 is 0 Å². The van der Waals surface area contributed by atoms with E-state index in [4.69, 9.17) is 34.8 Å². The first kappa shape index (κ1) is 64.4. The molecule has 3 atom stereocenters. The molecule has 0 fully saturated rings. The molecular formula is C30H41Cl3F12O11. The van der Waals surface area contributed by atoms with Gasteiger partial charge in [-0.15, -0.1) is 0 Å². The third-order valence-corrected chi connectivity index (χ3v) is 4.11. The van der Waals surface area contributed by atoms with Crippen molar-refractivity contribution >= 4 is 70.4 Å². The van der Waals surface area contributed by atoms with E-state index in [2.05, 4.69) is 36.8 Å². The summed E-state index contributed by atoms with van der Waals surface area (Å²) in [6, 6.07) is 0. The Balaban J connectivity index is -0.000000136. The predicted octanol–water partition coefficient (Wildman–Crippen LogP) is 10.3. The van der Waals surface area contributed by atoms with Crippen molar-refractivity contribution in [2.75, 3.05) is 0 Å². The molecule has 0 saturated heterocycles. The Morgan fingerprint density at radius 3 is 1.04 bits per heavy atom. The highest BCUT2D eigenvalue weighted by Gasteiger charge is 2.41. The van der Waals surface area contributed by atoms with Crippen LogP contribution in [0.4, 0.5) is 52.7 Å². The molecule has 0 heterocycles. The number of ether oxygens (including phenoxy) is 5. The molecule has 0 aliphatic rings. The van der Waals surface area contributed by atoms with Crippen molar-refractivity contribution < 1.29 is 105 Å². The van der Waals surface area contributed by atoms with Gasteiger partial charge in [0.2, 0.25) is 0 Å². The molecule has 0 aliphatic heterocycles. The zero-order valence-corrected chi connectivity index (χ0v) is 33.3.